The van der Waals surface area contributed by atoms with E-state index in [4.69, 9.17) is 4.74 Å². The van der Waals surface area contributed by atoms with Crippen molar-refractivity contribution < 1.29 is 22.7 Å². The van der Waals surface area contributed by atoms with E-state index in [0.717, 1.165) is 32.8 Å². The van der Waals surface area contributed by atoms with Crippen LogP contribution in [0.25, 0.3) is 0 Å². The van der Waals surface area contributed by atoms with Crippen molar-refractivity contribution in [2.75, 3.05) is 24.2 Å². The summed E-state index contributed by atoms with van der Waals surface area (Å²) in [5, 5.41) is 2.95. The summed E-state index contributed by atoms with van der Waals surface area (Å²) < 4.78 is 32.5. The van der Waals surface area contributed by atoms with E-state index in [0.29, 0.717) is 5.75 Å². The molecule has 0 saturated heterocycles. The molecule has 0 bridgehead atoms. The van der Waals surface area contributed by atoms with Crippen LogP contribution in [-0.4, -0.2) is 57.1 Å². The number of rotatable bonds is 12. The standard InChI is InChI=1S/C31H39N3O5S/c1-22(2)32-31(36)28(19-25-10-8-7-9-11-25)33(20-26-15-12-23(3)13-16-26)30(35)21-34(40(6,37)38)27-18-24(4)14-17-29(27)39-5/h7-18,22,28H,19-21H2,1-6H3,(H,32,36)/t28-/m0/s1. The molecule has 9 heteroatoms. The molecule has 40 heavy (non-hydrogen) atoms. The number of carbonyl (C=O) groups excluding carboxylic acids is 2. The molecule has 8 nitrogen and oxygen atoms in total. The summed E-state index contributed by atoms with van der Waals surface area (Å²) in [4.78, 5) is 29.2. The summed E-state index contributed by atoms with van der Waals surface area (Å²) >= 11 is 0. The molecule has 0 saturated carbocycles. The number of aryl methyl sites for hydroxylation is 2. The van der Waals surface area contributed by atoms with Crippen LogP contribution in [-0.2, 0) is 32.6 Å². The van der Waals surface area contributed by atoms with Crippen LogP contribution in [0.3, 0.4) is 0 Å². The number of benzene rings is 3. The Morgan fingerprint density at radius 3 is 2.10 bits per heavy atom. The van der Waals surface area contributed by atoms with Crippen molar-refractivity contribution in [3.63, 3.8) is 0 Å². The van der Waals surface area contributed by atoms with E-state index in [1.54, 1.807) is 18.2 Å². The minimum Gasteiger partial charge on any atom is -0.495 e. The Morgan fingerprint density at radius 2 is 1.52 bits per heavy atom. The fourth-order valence-corrected chi connectivity index (χ4v) is 5.26. The number of anilines is 1. The predicted octanol–water partition coefficient (Wildman–Crippen LogP) is 4.24. The van der Waals surface area contributed by atoms with Gasteiger partial charge in [0, 0.05) is 19.0 Å². The number of nitrogens with one attached hydrogen (secondary N) is 1. The van der Waals surface area contributed by atoms with Gasteiger partial charge in [0.15, 0.2) is 0 Å². The average Bonchev–Trinajstić information content (AvgIpc) is 2.89. The van der Waals surface area contributed by atoms with E-state index in [1.807, 2.05) is 82.3 Å². The summed E-state index contributed by atoms with van der Waals surface area (Å²) in [7, 11) is -2.44. The van der Waals surface area contributed by atoms with Crippen molar-refractivity contribution >= 4 is 27.5 Å². The molecule has 0 unspecified atom stereocenters. The summed E-state index contributed by atoms with van der Waals surface area (Å²) in [5.74, 6) is -0.486. The van der Waals surface area contributed by atoms with Crippen LogP contribution in [0, 0.1) is 13.8 Å². The SMILES string of the molecule is COc1ccc(C)cc1N(CC(=O)N(Cc1ccc(C)cc1)[C@@H](Cc1ccccc1)C(=O)NC(C)C)S(C)(=O)=O. The van der Waals surface area contributed by atoms with Crippen LogP contribution in [0.1, 0.15) is 36.1 Å². The Kier molecular flexibility index (Phi) is 10.3. The van der Waals surface area contributed by atoms with Gasteiger partial charge in [0.2, 0.25) is 21.8 Å². The third kappa shape index (κ3) is 8.32. The number of nitrogens with zero attached hydrogens (tertiary/aromatic N) is 2. The number of carbonyl (C=O) groups is 2. The third-order valence-electron chi connectivity index (χ3n) is 6.46. The van der Waals surface area contributed by atoms with E-state index in [9.17, 15) is 18.0 Å². The number of hydrogen-bond donors (Lipinski definition) is 1. The van der Waals surface area contributed by atoms with Crippen molar-refractivity contribution in [3.05, 3.63) is 95.1 Å². The number of sulfonamides is 1. The smallest absolute Gasteiger partial charge is 0.244 e. The summed E-state index contributed by atoms with van der Waals surface area (Å²) in [5.41, 5.74) is 3.85. The number of amides is 2. The minimum absolute atomic E-state index is 0.130. The molecule has 0 heterocycles. The molecule has 3 aromatic rings. The lowest BCUT2D eigenvalue weighted by molar-refractivity contribution is -0.140. The first-order valence-electron chi connectivity index (χ1n) is 13.2. The molecule has 2 amide bonds. The van der Waals surface area contributed by atoms with Gasteiger partial charge in [0.25, 0.3) is 0 Å². The fraction of sp³-hybridized carbons (Fsp3) is 0.355. The van der Waals surface area contributed by atoms with Crippen LogP contribution < -0.4 is 14.4 Å². The molecule has 1 atom stereocenters. The van der Waals surface area contributed by atoms with Crippen LogP contribution >= 0.6 is 0 Å². The first kappa shape index (κ1) is 30.7. The van der Waals surface area contributed by atoms with Crippen molar-refractivity contribution in [1.29, 1.82) is 0 Å². The number of hydrogen-bond acceptors (Lipinski definition) is 5. The number of methoxy groups -OCH3 is 1. The lowest BCUT2D eigenvalue weighted by atomic mass is 10.0. The highest BCUT2D eigenvalue weighted by molar-refractivity contribution is 7.92. The zero-order valence-corrected chi connectivity index (χ0v) is 24.9. The van der Waals surface area contributed by atoms with E-state index < -0.39 is 28.5 Å². The van der Waals surface area contributed by atoms with Gasteiger partial charge < -0.3 is 15.0 Å². The molecular weight excluding hydrogens is 526 g/mol. The van der Waals surface area contributed by atoms with Crippen LogP contribution in [0.2, 0.25) is 0 Å². The molecule has 0 aliphatic rings. The second kappa shape index (κ2) is 13.5. The molecule has 0 spiro atoms. The fourth-order valence-electron chi connectivity index (χ4n) is 4.41. The Morgan fingerprint density at radius 1 is 0.900 bits per heavy atom. The predicted molar refractivity (Wildman–Crippen MR) is 159 cm³/mol. The van der Waals surface area contributed by atoms with E-state index in [1.165, 1.54) is 12.0 Å². The highest BCUT2D eigenvalue weighted by atomic mass is 32.2. The van der Waals surface area contributed by atoms with Gasteiger partial charge in [-0.25, -0.2) is 8.42 Å². The van der Waals surface area contributed by atoms with Crippen molar-refractivity contribution in [2.24, 2.45) is 0 Å². The zero-order valence-electron chi connectivity index (χ0n) is 24.0. The van der Waals surface area contributed by atoms with Gasteiger partial charge in [-0.15, -0.1) is 0 Å². The largest absolute Gasteiger partial charge is 0.495 e. The molecule has 3 rings (SSSR count). The quantitative estimate of drug-likeness (QED) is 0.354. The average molecular weight is 566 g/mol. The van der Waals surface area contributed by atoms with E-state index in [2.05, 4.69) is 5.32 Å². The third-order valence-corrected chi connectivity index (χ3v) is 7.58. The van der Waals surface area contributed by atoms with Crippen molar-refractivity contribution in [2.45, 2.75) is 52.7 Å². The lowest BCUT2D eigenvalue weighted by Gasteiger charge is -2.34. The second-order valence-corrected chi connectivity index (χ2v) is 12.2. The molecule has 3 aromatic carbocycles. The highest BCUT2D eigenvalue weighted by Gasteiger charge is 2.34. The highest BCUT2D eigenvalue weighted by Crippen LogP contribution is 2.31. The Labute approximate surface area is 238 Å². The van der Waals surface area contributed by atoms with Crippen LogP contribution in [0.5, 0.6) is 5.75 Å². The molecule has 0 aliphatic heterocycles. The molecular formula is C31H39N3O5S. The summed E-state index contributed by atoms with van der Waals surface area (Å²) in [6, 6.07) is 21.3. The monoisotopic (exact) mass is 565 g/mol. The molecule has 0 aliphatic carbocycles. The maximum absolute atomic E-state index is 14.2. The number of ether oxygens (including phenoxy) is 1. The van der Waals surface area contributed by atoms with Gasteiger partial charge >= 0.3 is 0 Å². The van der Waals surface area contributed by atoms with Gasteiger partial charge in [-0.2, -0.15) is 0 Å². The Balaban J connectivity index is 2.09. The van der Waals surface area contributed by atoms with Gasteiger partial charge in [-0.1, -0.05) is 66.2 Å². The Hall–Kier alpha value is -3.85. The lowest BCUT2D eigenvalue weighted by Crippen LogP contribution is -2.54. The second-order valence-electron chi connectivity index (χ2n) is 10.3. The first-order chi connectivity index (χ1) is 18.9. The van der Waals surface area contributed by atoms with Crippen molar-refractivity contribution in [1.82, 2.24) is 10.2 Å². The molecule has 214 valence electrons. The zero-order chi connectivity index (χ0) is 29.4. The van der Waals surface area contributed by atoms with Crippen LogP contribution in [0.4, 0.5) is 5.69 Å². The molecule has 0 fully saturated rings. The summed E-state index contributed by atoms with van der Waals surface area (Å²) in [6.07, 6.45) is 1.32. The topological polar surface area (TPSA) is 96.0 Å². The Bertz CT molecular complexity index is 1410. The normalized spacial score (nSPS) is 12.1. The van der Waals surface area contributed by atoms with Crippen molar-refractivity contribution in [3.8, 4) is 5.75 Å². The molecule has 0 aromatic heterocycles. The van der Waals surface area contributed by atoms with Gasteiger partial charge in [0.05, 0.1) is 19.1 Å². The maximum atomic E-state index is 14.2. The minimum atomic E-state index is -3.89. The van der Waals surface area contributed by atoms with Gasteiger partial charge in [0.1, 0.15) is 18.3 Å². The van der Waals surface area contributed by atoms with Gasteiger partial charge in [-0.3, -0.25) is 13.9 Å². The van der Waals surface area contributed by atoms with Crippen LogP contribution in [0.15, 0.2) is 72.8 Å². The summed E-state index contributed by atoms with van der Waals surface area (Å²) in [6.45, 7) is 7.16. The first-order valence-corrected chi connectivity index (χ1v) is 15.1. The van der Waals surface area contributed by atoms with E-state index in [-0.39, 0.29) is 30.6 Å². The maximum Gasteiger partial charge on any atom is 0.244 e. The molecule has 1 N–H and O–H groups in total. The molecule has 0 radical (unpaired) electrons. The van der Waals surface area contributed by atoms with E-state index >= 15 is 0 Å². The van der Waals surface area contributed by atoms with Gasteiger partial charge in [-0.05, 0) is 56.5 Å².